The molecule has 1 aromatic heterocycles. The first-order chi connectivity index (χ1) is 12.0. The van der Waals surface area contributed by atoms with Gasteiger partial charge in [0.25, 0.3) is 0 Å². The summed E-state index contributed by atoms with van der Waals surface area (Å²) >= 11 is 0. The van der Waals surface area contributed by atoms with Gasteiger partial charge in [0.2, 0.25) is 0 Å². The minimum absolute atomic E-state index is 0.170. The van der Waals surface area contributed by atoms with E-state index < -0.39 is 6.10 Å². The van der Waals surface area contributed by atoms with E-state index in [0.717, 1.165) is 16.9 Å². The molecule has 2 aromatic rings. The summed E-state index contributed by atoms with van der Waals surface area (Å²) in [6.45, 7) is 6.34. The molecule has 25 heavy (non-hydrogen) atoms. The highest BCUT2D eigenvalue weighted by atomic mass is 16.5. The lowest BCUT2D eigenvalue weighted by atomic mass is 10.0. The SMILES string of the molecule is Cc1ccc2c(c1C)OC[C@@H]2NC(=O)N[C@H](C)C[C@H](O)c1ccco1. The highest BCUT2D eigenvalue weighted by molar-refractivity contribution is 5.75. The molecule has 1 aliphatic rings. The van der Waals surface area contributed by atoms with E-state index in [1.807, 2.05) is 32.9 Å². The van der Waals surface area contributed by atoms with Crippen LogP contribution in [0.25, 0.3) is 0 Å². The molecular weight excluding hydrogens is 320 g/mol. The fourth-order valence-electron chi connectivity index (χ4n) is 3.07. The van der Waals surface area contributed by atoms with E-state index in [0.29, 0.717) is 18.8 Å². The van der Waals surface area contributed by atoms with Crippen LogP contribution in [-0.2, 0) is 0 Å². The van der Waals surface area contributed by atoms with Crippen molar-refractivity contribution in [3.8, 4) is 5.75 Å². The van der Waals surface area contributed by atoms with E-state index in [2.05, 4.69) is 10.6 Å². The molecule has 6 nitrogen and oxygen atoms in total. The molecule has 0 bridgehead atoms. The summed E-state index contributed by atoms with van der Waals surface area (Å²) in [5.41, 5.74) is 3.28. The number of ether oxygens (including phenoxy) is 1. The Kier molecular flexibility index (Phi) is 4.99. The summed E-state index contributed by atoms with van der Waals surface area (Å²) < 4.78 is 10.9. The van der Waals surface area contributed by atoms with Gasteiger partial charge in [0.15, 0.2) is 0 Å². The van der Waals surface area contributed by atoms with Gasteiger partial charge in [-0.25, -0.2) is 4.79 Å². The molecule has 1 aliphatic heterocycles. The van der Waals surface area contributed by atoms with Crippen molar-refractivity contribution in [3.63, 3.8) is 0 Å². The molecule has 3 rings (SSSR count). The van der Waals surface area contributed by atoms with Crippen LogP contribution in [0.15, 0.2) is 34.9 Å². The Balaban J connectivity index is 1.55. The standard InChI is InChI=1S/C19H24N2O4/c1-11-6-7-14-15(10-25-18(14)13(11)3)21-19(23)20-12(2)9-16(22)17-5-4-8-24-17/h4-8,12,15-16,22H,9-10H2,1-3H3,(H2,20,21,23)/t12-,15+,16+/m1/s1. The number of hydrogen-bond acceptors (Lipinski definition) is 4. The first-order valence-corrected chi connectivity index (χ1v) is 8.47. The first-order valence-electron chi connectivity index (χ1n) is 8.47. The Morgan fingerprint density at radius 2 is 2.16 bits per heavy atom. The van der Waals surface area contributed by atoms with Crippen LogP contribution >= 0.6 is 0 Å². The molecule has 2 heterocycles. The van der Waals surface area contributed by atoms with Crippen molar-refractivity contribution < 1.29 is 19.1 Å². The van der Waals surface area contributed by atoms with Gasteiger partial charge < -0.3 is 24.9 Å². The third-order valence-electron chi connectivity index (χ3n) is 4.61. The topological polar surface area (TPSA) is 83.7 Å². The third-order valence-corrected chi connectivity index (χ3v) is 4.61. The quantitative estimate of drug-likeness (QED) is 0.778. The van der Waals surface area contributed by atoms with Crippen molar-refractivity contribution in [3.05, 3.63) is 53.0 Å². The Labute approximate surface area is 147 Å². The van der Waals surface area contributed by atoms with E-state index in [1.165, 1.54) is 11.8 Å². The average molecular weight is 344 g/mol. The molecule has 0 unspecified atom stereocenters. The maximum absolute atomic E-state index is 12.3. The summed E-state index contributed by atoms with van der Waals surface area (Å²) in [7, 11) is 0. The number of carbonyl (C=O) groups excluding carboxylic acids is 1. The second-order valence-electron chi connectivity index (χ2n) is 6.58. The van der Waals surface area contributed by atoms with Crippen LogP contribution < -0.4 is 15.4 Å². The lowest BCUT2D eigenvalue weighted by Gasteiger charge is -2.19. The molecule has 3 N–H and O–H groups in total. The molecule has 0 saturated heterocycles. The van der Waals surface area contributed by atoms with E-state index in [4.69, 9.17) is 9.15 Å². The maximum atomic E-state index is 12.3. The Morgan fingerprint density at radius 3 is 2.88 bits per heavy atom. The lowest BCUT2D eigenvalue weighted by molar-refractivity contribution is 0.129. The second-order valence-corrected chi connectivity index (χ2v) is 6.58. The van der Waals surface area contributed by atoms with Crippen molar-refractivity contribution in [1.29, 1.82) is 0 Å². The number of carbonyl (C=O) groups is 1. The van der Waals surface area contributed by atoms with Gasteiger partial charge in [-0.1, -0.05) is 12.1 Å². The number of aliphatic hydroxyl groups is 1. The van der Waals surface area contributed by atoms with E-state index >= 15 is 0 Å². The number of benzene rings is 1. The van der Waals surface area contributed by atoms with Crippen LogP contribution in [0.4, 0.5) is 4.79 Å². The molecule has 2 amide bonds. The van der Waals surface area contributed by atoms with Crippen LogP contribution in [0.1, 0.15) is 47.9 Å². The van der Waals surface area contributed by atoms with Gasteiger partial charge in [-0.05, 0) is 44.0 Å². The highest BCUT2D eigenvalue weighted by Crippen LogP contribution is 2.36. The van der Waals surface area contributed by atoms with Crippen molar-refractivity contribution in [2.75, 3.05) is 6.61 Å². The van der Waals surface area contributed by atoms with Gasteiger partial charge in [-0.15, -0.1) is 0 Å². The van der Waals surface area contributed by atoms with E-state index in [-0.39, 0.29) is 18.1 Å². The first kappa shape index (κ1) is 17.4. The molecule has 0 fully saturated rings. The Bertz CT molecular complexity index is 742. The number of nitrogens with one attached hydrogen (secondary N) is 2. The molecule has 0 spiro atoms. The predicted molar refractivity (Wildman–Crippen MR) is 93.6 cm³/mol. The molecule has 1 aromatic carbocycles. The van der Waals surface area contributed by atoms with Crippen LogP contribution in [0, 0.1) is 13.8 Å². The summed E-state index contributed by atoms with van der Waals surface area (Å²) in [4.78, 5) is 12.3. The van der Waals surface area contributed by atoms with Gasteiger partial charge in [0, 0.05) is 18.0 Å². The number of rotatable bonds is 5. The summed E-state index contributed by atoms with van der Waals surface area (Å²) in [6.07, 6.45) is 1.15. The van der Waals surface area contributed by atoms with Crippen molar-refractivity contribution >= 4 is 6.03 Å². The zero-order chi connectivity index (χ0) is 18.0. The highest BCUT2D eigenvalue weighted by Gasteiger charge is 2.28. The fraction of sp³-hybridized carbons (Fsp3) is 0.421. The fourth-order valence-corrected chi connectivity index (χ4v) is 3.07. The minimum atomic E-state index is -0.744. The normalized spacial score (nSPS) is 18.2. The minimum Gasteiger partial charge on any atom is -0.490 e. The van der Waals surface area contributed by atoms with Gasteiger partial charge in [0.1, 0.15) is 24.2 Å². The zero-order valence-corrected chi connectivity index (χ0v) is 14.7. The number of hydrogen-bond donors (Lipinski definition) is 3. The van der Waals surface area contributed by atoms with Crippen LogP contribution in [0.2, 0.25) is 0 Å². The zero-order valence-electron chi connectivity index (χ0n) is 14.7. The number of aliphatic hydroxyl groups excluding tert-OH is 1. The lowest BCUT2D eigenvalue weighted by Crippen LogP contribution is -2.43. The molecule has 134 valence electrons. The third kappa shape index (κ3) is 3.79. The van der Waals surface area contributed by atoms with Crippen LogP contribution in [-0.4, -0.2) is 23.8 Å². The summed E-state index contributed by atoms with van der Waals surface area (Å²) in [5, 5.41) is 15.9. The molecular formula is C19H24N2O4. The Morgan fingerprint density at radius 1 is 1.36 bits per heavy atom. The Hall–Kier alpha value is -2.47. The molecule has 0 radical (unpaired) electrons. The number of furan rings is 1. The molecule has 3 atom stereocenters. The molecule has 0 aliphatic carbocycles. The summed E-state index contributed by atoms with van der Waals surface area (Å²) in [5.74, 6) is 1.37. The number of urea groups is 1. The average Bonchev–Trinajstić information content (AvgIpc) is 3.21. The van der Waals surface area contributed by atoms with Crippen LogP contribution in [0.3, 0.4) is 0 Å². The molecule has 0 saturated carbocycles. The van der Waals surface area contributed by atoms with Gasteiger partial charge in [-0.2, -0.15) is 0 Å². The van der Waals surface area contributed by atoms with Crippen molar-refractivity contribution in [2.45, 2.75) is 45.4 Å². The van der Waals surface area contributed by atoms with Crippen molar-refractivity contribution in [1.82, 2.24) is 10.6 Å². The molecule has 6 heteroatoms. The second kappa shape index (κ2) is 7.19. The smallest absolute Gasteiger partial charge is 0.315 e. The van der Waals surface area contributed by atoms with Gasteiger partial charge in [-0.3, -0.25) is 0 Å². The summed E-state index contributed by atoms with van der Waals surface area (Å²) in [6, 6.07) is 6.83. The number of amides is 2. The largest absolute Gasteiger partial charge is 0.490 e. The van der Waals surface area contributed by atoms with Crippen molar-refractivity contribution in [2.24, 2.45) is 0 Å². The number of fused-ring (bicyclic) bond motifs is 1. The van der Waals surface area contributed by atoms with Gasteiger partial charge >= 0.3 is 6.03 Å². The van der Waals surface area contributed by atoms with E-state index in [9.17, 15) is 9.90 Å². The predicted octanol–water partition coefficient (Wildman–Crippen LogP) is 3.14. The monoisotopic (exact) mass is 344 g/mol. The van der Waals surface area contributed by atoms with Gasteiger partial charge in [0.05, 0.1) is 12.3 Å². The maximum Gasteiger partial charge on any atom is 0.315 e. The number of aryl methyl sites for hydroxylation is 1. The van der Waals surface area contributed by atoms with Crippen LogP contribution in [0.5, 0.6) is 5.75 Å². The van der Waals surface area contributed by atoms with E-state index in [1.54, 1.807) is 12.1 Å².